The number of rotatable bonds is 3. The zero-order valence-electron chi connectivity index (χ0n) is 11.0. The first-order valence-corrected chi connectivity index (χ1v) is 7.66. The van der Waals surface area contributed by atoms with Gasteiger partial charge in [-0.2, -0.15) is 0 Å². The predicted octanol–water partition coefficient (Wildman–Crippen LogP) is 2.01. The molecular formula is C12H21N5S. The average molecular weight is 267 g/mol. The van der Waals surface area contributed by atoms with E-state index < -0.39 is 0 Å². The third-order valence-electron chi connectivity index (χ3n) is 4.22. The fraction of sp³-hybridized carbons (Fsp3) is 0.917. The molecule has 0 aromatic carbocycles. The average Bonchev–Trinajstić information content (AvgIpc) is 3.06. The molecule has 5 nitrogen and oxygen atoms in total. The lowest BCUT2D eigenvalue weighted by Gasteiger charge is -2.41. The van der Waals surface area contributed by atoms with Crippen molar-refractivity contribution in [2.75, 3.05) is 0 Å². The van der Waals surface area contributed by atoms with E-state index in [1.54, 1.807) is 11.8 Å². The molecule has 100 valence electrons. The third kappa shape index (κ3) is 2.28. The summed E-state index contributed by atoms with van der Waals surface area (Å²) in [7, 11) is 0. The van der Waals surface area contributed by atoms with Gasteiger partial charge in [0, 0.05) is 11.3 Å². The van der Waals surface area contributed by atoms with Crippen LogP contribution in [0.5, 0.6) is 0 Å². The van der Waals surface area contributed by atoms with Crippen LogP contribution in [0.25, 0.3) is 0 Å². The Labute approximate surface area is 112 Å². The van der Waals surface area contributed by atoms with Crippen LogP contribution in [0.2, 0.25) is 0 Å². The molecule has 2 unspecified atom stereocenters. The number of thioether (sulfide) groups is 1. The summed E-state index contributed by atoms with van der Waals surface area (Å²) < 4.78 is 1.99. The van der Waals surface area contributed by atoms with Crippen molar-refractivity contribution < 1.29 is 0 Å². The lowest BCUT2D eigenvalue weighted by Crippen LogP contribution is -2.48. The lowest BCUT2D eigenvalue weighted by atomic mass is 9.73. The zero-order chi connectivity index (χ0) is 12.8. The summed E-state index contributed by atoms with van der Waals surface area (Å²) >= 11 is 1.78. The summed E-state index contributed by atoms with van der Waals surface area (Å²) in [4.78, 5) is 0. The molecule has 1 aromatic rings. The molecule has 2 aliphatic rings. The van der Waals surface area contributed by atoms with Gasteiger partial charge in [-0.25, -0.2) is 4.68 Å². The molecule has 0 aliphatic heterocycles. The molecule has 3 rings (SSSR count). The molecule has 2 atom stereocenters. The Morgan fingerprint density at radius 2 is 2.11 bits per heavy atom. The number of nitrogens with two attached hydrogens (primary N) is 1. The minimum absolute atomic E-state index is 0.223. The van der Waals surface area contributed by atoms with E-state index >= 15 is 0 Å². The van der Waals surface area contributed by atoms with E-state index in [0.717, 1.165) is 5.16 Å². The van der Waals surface area contributed by atoms with E-state index in [0.29, 0.717) is 11.3 Å². The van der Waals surface area contributed by atoms with Gasteiger partial charge in [-0.3, -0.25) is 0 Å². The van der Waals surface area contributed by atoms with Gasteiger partial charge in [0.05, 0.1) is 6.04 Å². The summed E-state index contributed by atoms with van der Waals surface area (Å²) in [6.45, 7) is 4.54. The van der Waals surface area contributed by atoms with Crippen molar-refractivity contribution in [1.82, 2.24) is 20.2 Å². The molecule has 1 aromatic heterocycles. The molecule has 0 bridgehead atoms. The summed E-state index contributed by atoms with van der Waals surface area (Å²) in [6, 6.07) is 0.760. The third-order valence-corrected chi connectivity index (χ3v) is 5.54. The fourth-order valence-corrected chi connectivity index (χ4v) is 4.13. The first-order chi connectivity index (χ1) is 8.58. The normalized spacial score (nSPS) is 31.5. The van der Waals surface area contributed by atoms with Crippen LogP contribution in [0, 0.1) is 5.41 Å². The van der Waals surface area contributed by atoms with Crippen LogP contribution in [0.1, 0.15) is 52.0 Å². The molecule has 18 heavy (non-hydrogen) atoms. The Kier molecular flexibility index (Phi) is 3.10. The molecule has 0 amide bonds. The van der Waals surface area contributed by atoms with Crippen molar-refractivity contribution in [3.8, 4) is 0 Å². The van der Waals surface area contributed by atoms with E-state index in [4.69, 9.17) is 5.73 Å². The maximum Gasteiger partial charge on any atom is 0.209 e. The van der Waals surface area contributed by atoms with Crippen LogP contribution in [-0.4, -0.2) is 31.5 Å². The molecule has 0 saturated heterocycles. The molecule has 0 radical (unpaired) electrons. The number of aromatic nitrogens is 4. The van der Waals surface area contributed by atoms with Gasteiger partial charge in [0.2, 0.25) is 5.16 Å². The van der Waals surface area contributed by atoms with Gasteiger partial charge in [-0.05, 0) is 41.5 Å². The zero-order valence-corrected chi connectivity index (χ0v) is 11.9. The van der Waals surface area contributed by atoms with Gasteiger partial charge in [0.15, 0.2) is 0 Å². The van der Waals surface area contributed by atoms with Crippen LogP contribution in [0.15, 0.2) is 5.16 Å². The SMILES string of the molecule is CC1(C)CCCC(Sc2nnnn2C2CC2)C1N. The molecule has 2 saturated carbocycles. The van der Waals surface area contributed by atoms with Crippen LogP contribution < -0.4 is 5.73 Å². The summed E-state index contributed by atoms with van der Waals surface area (Å²) in [5.74, 6) is 0. The highest BCUT2D eigenvalue weighted by Gasteiger charge is 2.38. The van der Waals surface area contributed by atoms with Crippen molar-refractivity contribution in [1.29, 1.82) is 0 Å². The highest BCUT2D eigenvalue weighted by atomic mass is 32.2. The van der Waals surface area contributed by atoms with Gasteiger partial charge >= 0.3 is 0 Å². The summed E-state index contributed by atoms with van der Waals surface area (Å²) in [5.41, 5.74) is 6.65. The van der Waals surface area contributed by atoms with Crippen molar-refractivity contribution in [2.45, 2.75) is 68.4 Å². The monoisotopic (exact) mass is 267 g/mol. The molecule has 1 heterocycles. The number of tetrazole rings is 1. The minimum atomic E-state index is 0.223. The minimum Gasteiger partial charge on any atom is -0.326 e. The second kappa shape index (κ2) is 4.49. The molecular weight excluding hydrogens is 246 g/mol. The quantitative estimate of drug-likeness (QED) is 0.907. The predicted molar refractivity (Wildman–Crippen MR) is 71.3 cm³/mol. The first-order valence-electron chi connectivity index (χ1n) is 6.78. The van der Waals surface area contributed by atoms with Crippen LogP contribution in [0.3, 0.4) is 0 Å². The Hall–Kier alpha value is -0.620. The van der Waals surface area contributed by atoms with Gasteiger partial charge in [0.25, 0.3) is 0 Å². The van der Waals surface area contributed by atoms with Crippen molar-refractivity contribution in [2.24, 2.45) is 11.1 Å². The fourth-order valence-electron chi connectivity index (χ4n) is 2.69. The van der Waals surface area contributed by atoms with E-state index in [1.807, 2.05) is 4.68 Å². The van der Waals surface area contributed by atoms with Gasteiger partial charge < -0.3 is 5.73 Å². The largest absolute Gasteiger partial charge is 0.326 e. The Morgan fingerprint density at radius 1 is 1.33 bits per heavy atom. The Morgan fingerprint density at radius 3 is 2.83 bits per heavy atom. The molecule has 6 heteroatoms. The Balaban J connectivity index is 1.73. The smallest absolute Gasteiger partial charge is 0.209 e. The van der Waals surface area contributed by atoms with E-state index in [1.165, 1.54) is 32.1 Å². The number of hydrogen-bond acceptors (Lipinski definition) is 5. The topological polar surface area (TPSA) is 69.6 Å². The van der Waals surface area contributed by atoms with Gasteiger partial charge in [-0.1, -0.05) is 32.0 Å². The molecule has 2 N–H and O–H groups in total. The van der Waals surface area contributed by atoms with Gasteiger partial charge in [0.1, 0.15) is 0 Å². The number of hydrogen-bond donors (Lipinski definition) is 1. The second-order valence-electron chi connectivity index (χ2n) is 6.20. The lowest BCUT2D eigenvalue weighted by molar-refractivity contribution is 0.208. The summed E-state index contributed by atoms with van der Waals surface area (Å²) in [5, 5.41) is 13.5. The highest BCUT2D eigenvalue weighted by Crippen LogP contribution is 2.43. The number of nitrogens with zero attached hydrogens (tertiary/aromatic N) is 4. The van der Waals surface area contributed by atoms with E-state index in [-0.39, 0.29) is 11.5 Å². The Bertz CT molecular complexity index is 426. The van der Waals surface area contributed by atoms with Crippen molar-refractivity contribution in [3.05, 3.63) is 0 Å². The van der Waals surface area contributed by atoms with Gasteiger partial charge in [-0.15, -0.1) is 5.10 Å². The van der Waals surface area contributed by atoms with Crippen molar-refractivity contribution >= 4 is 11.8 Å². The van der Waals surface area contributed by atoms with Crippen LogP contribution in [-0.2, 0) is 0 Å². The first kappa shape index (κ1) is 12.4. The summed E-state index contributed by atoms with van der Waals surface area (Å²) in [6.07, 6.45) is 6.07. The van der Waals surface area contributed by atoms with Crippen molar-refractivity contribution in [3.63, 3.8) is 0 Å². The highest BCUT2D eigenvalue weighted by molar-refractivity contribution is 7.99. The van der Waals surface area contributed by atoms with E-state index in [9.17, 15) is 0 Å². The molecule has 2 fully saturated rings. The standard InChI is InChI=1S/C12H21N5S/c1-12(2)7-3-4-9(10(12)13)18-11-14-15-16-17(11)8-5-6-8/h8-10H,3-7,13H2,1-2H3. The van der Waals surface area contributed by atoms with Crippen LogP contribution in [0.4, 0.5) is 0 Å². The maximum absolute atomic E-state index is 6.42. The molecule has 2 aliphatic carbocycles. The molecule has 0 spiro atoms. The maximum atomic E-state index is 6.42. The van der Waals surface area contributed by atoms with Crippen LogP contribution >= 0.6 is 11.8 Å². The van der Waals surface area contributed by atoms with E-state index in [2.05, 4.69) is 29.4 Å². The second-order valence-corrected chi connectivity index (χ2v) is 7.41.